The van der Waals surface area contributed by atoms with Crippen molar-refractivity contribution in [2.45, 2.75) is 39.0 Å². The zero-order valence-corrected chi connectivity index (χ0v) is 13.5. The number of para-hydroxylation sites is 1. The fourth-order valence-electron chi connectivity index (χ4n) is 2.58. The van der Waals surface area contributed by atoms with Crippen molar-refractivity contribution in [3.8, 4) is 16.9 Å². The van der Waals surface area contributed by atoms with E-state index in [-0.39, 0.29) is 5.78 Å². The first-order valence-electron chi connectivity index (χ1n) is 8.03. The van der Waals surface area contributed by atoms with Crippen molar-refractivity contribution < 1.29 is 9.53 Å². The lowest BCUT2D eigenvalue weighted by molar-refractivity contribution is 0.0979. The first kappa shape index (κ1) is 16.3. The van der Waals surface area contributed by atoms with Gasteiger partial charge in [0.15, 0.2) is 5.78 Å². The number of rotatable bonds is 8. The third-order valence-corrected chi connectivity index (χ3v) is 3.88. The van der Waals surface area contributed by atoms with Gasteiger partial charge in [-0.3, -0.25) is 4.79 Å². The molecule has 2 aromatic carbocycles. The van der Waals surface area contributed by atoms with Crippen molar-refractivity contribution in [1.82, 2.24) is 0 Å². The smallest absolute Gasteiger partial charge is 0.162 e. The highest BCUT2D eigenvalue weighted by Crippen LogP contribution is 2.29. The van der Waals surface area contributed by atoms with Crippen LogP contribution in [0.25, 0.3) is 11.1 Å². The van der Waals surface area contributed by atoms with Crippen molar-refractivity contribution in [3.05, 3.63) is 54.1 Å². The van der Waals surface area contributed by atoms with Gasteiger partial charge in [0, 0.05) is 17.5 Å². The molecule has 2 rings (SSSR count). The van der Waals surface area contributed by atoms with Crippen molar-refractivity contribution in [1.29, 1.82) is 0 Å². The van der Waals surface area contributed by atoms with Gasteiger partial charge in [0.25, 0.3) is 0 Å². The van der Waals surface area contributed by atoms with Crippen LogP contribution in [0.2, 0.25) is 0 Å². The van der Waals surface area contributed by atoms with E-state index in [0.717, 1.165) is 35.3 Å². The number of unbranched alkanes of at least 4 members (excludes halogenated alkanes) is 3. The van der Waals surface area contributed by atoms with Crippen LogP contribution >= 0.6 is 0 Å². The third-order valence-electron chi connectivity index (χ3n) is 3.88. The average Bonchev–Trinajstić information content (AvgIpc) is 2.58. The molecule has 0 radical (unpaired) electrons. The number of benzene rings is 2. The highest BCUT2D eigenvalue weighted by Gasteiger charge is 2.08. The van der Waals surface area contributed by atoms with Gasteiger partial charge in [0.05, 0.1) is 7.11 Å². The van der Waals surface area contributed by atoms with E-state index in [4.69, 9.17) is 4.74 Å². The van der Waals surface area contributed by atoms with E-state index in [1.165, 1.54) is 12.8 Å². The highest BCUT2D eigenvalue weighted by molar-refractivity contribution is 5.96. The Labute approximate surface area is 133 Å². The van der Waals surface area contributed by atoms with Crippen LogP contribution in [-0.2, 0) is 0 Å². The lowest BCUT2D eigenvalue weighted by Gasteiger charge is -2.09. The number of carbonyl (C=O) groups is 1. The average molecular weight is 296 g/mol. The summed E-state index contributed by atoms with van der Waals surface area (Å²) in [5.41, 5.74) is 2.92. The van der Waals surface area contributed by atoms with Gasteiger partial charge >= 0.3 is 0 Å². The number of ketones is 1. The maximum atomic E-state index is 12.2. The zero-order chi connectivity index (χ0) is 15.8. The molecular weight excluding hydrogens is 272 g/mol. The van der Waals surface area contributed by atoms with Crippen LogP contribution in [0, 0.1) is 0 Å². The molecular formula is C20H24O2. The quantitative estimate of drug-likeness (QED) is 0.474. The molecule has 0 unspecified atom stereocenters. The maximum Gasteiger partial charge on any atom is 0.162 e. The summed E-state index contributed by atoms with van der Waals surface area (Å²) < 4.78 is 5.39. The van der Waals surface area contributed by atoms with E-state index in [1.54, 1.807) is 7.11 Å². The van der Waals surface area contributed by atoms with E-state index < -0.39 is 0 Å². The summed E-state index contributed by atoms with van der Waals surface area (Å²) in [5, 5.41) is 0. The lowest BCUT2D eigenvalue weighted by Crippen LogP contribution is -1.98. The monoisotopic (exact) mass is 296 g/mol. The van der Waals surface area contributed by atoms with Crippen LogP contribution in [0.5, 0.6) is 5.75 Å². The summed E-state index contributed by atoms with van der Waals surface area (Å²) in [6.45, 7) is 2.18. The van der Waals surface area contributed by atoms with Crippen LogP contribution < -0.4 is 4.74 Å². The molecule has 0 amide bonds. The molecule has 2 aromatic rings. The van der Waals surface area contributed by atoms with Crippen LogP contribution in [-0.4, -0.2) is 12.9 Å². The van der Waals surface area contributed by atoms with Crippen molar-refractivity contribution in [2.24, 2.45) is 0 Å². The summed E-state index contributed by atoms with van der Waals surface area (Å²) in [6.07, 6.45) is 5.18. The van der Waals surface area contributed by atoms with Gasteiger partial charge < -0.3 is 4.74 Å². The van der Waals surface area contributed by atoms with Crippen LogP contribution in [0.4, 0.5) is 0 Å². The van der Waals surface area contributed by atoms with E-state index in [9.17, 15) is 4.79 Å². The molecule has 0 aliphatic carbocycles. The Kier molecular flexibility index (Phi) is 6.20. The Morgan fingerprint density at radius 1 is 0.955 bits per heavy atom. The fraction of sp³-hybridized carbons (Fsp3) is 0.350. The molecule has 0 saturated heterocycles. The molecule has 0 N–H and O–H groups in total. The standard InChI is InChI=1S/C20H24O2/c1-3-4-5-6-10-19(21)17-14-12-16(13-15-17)18-9-7-8-11-20(18)22-2/h7-9,11-15H,3-6,10H2,1-2H3. The summed E-state index contributed by atoms with van der Waals surface area (Å²) >= 11 is 0. The summed E-state index contributed by atoms with van der Waals surface area (Å²) in [4.78, 5) is 12.2. The Balaban J connectivity index is 2.05. The molecule has 116 valence electrons. The minimum atomic E-state index is 0.239. The van der Waals surface area contributed by atoms with Gasteiger partial charge in [0.2, 0.25) is 0 Å². The predicted molar refractivity (Wildman–Crippen MR) is 91.5 cm³/mol. The zero-order valence-electron chi connectivity index (χ0n) is 13.5. The second-order valence-corrected chi connectivity index (χ2v) is 5.51. The Morgan fingerprint density at radius 2 is 1.68 bits per heavy atom. The van der Waals surface area contributed by atoms with Gasteiger partial charge in [-0.25, -0.2) is 0 Å². The topological polar surface area (TPSA) is 26.3 Å². The SMILES string of the molecule is CCCCCCC(=O)c1ccc(-c2ccccc2OC)cc1. The number of hydrogen-bond donors (Lipinski definition) is 0. The minimum Gasteiger partial charge on any atom is -0.496 e. The summed E-state index contributed by atoms with van der Waals surface area (Å²) in [5.74, 6) is 1.09. The number of methoxy groups -OCH3 is 1. The van der Waals surface area contributed by atoms with Gasteiger partial charge in [-0.15, -0.1) is 0 Å². The molecule has 0 aliphatic heterocycles. The number of hydrogen-bond acceptors (Lipinski definition) is 2. The van der Waals surface area contributed by atoms with Gasteiger partial charge in [0.1, 0.15) is 5.75 Å². The van der Waals surface area contributed by atoms with Crippen molar-refractivity contribution >= 4 is 5.78 Å². The van der Waals surface area contributed by atoms with Crippen molar-refractivity contribution in [2.75, 3.05) is 7.11 Å². The molecule has 0 aromatic heterocycles. The predicted octanol–water partition coefficient (Wildman–Crippen LogP) is 5.52. The van der Waals surface area contributed by atoms with Crippen LogP contribution in [0.3, 0.4) is 0 Å². The van der Waals surface area contributed by atoms with Crippen LogP contribution in [0.1, 0.15) is 49.4 Å². The largest absolute Gasteiger partial charge is 0.496 e. The Morgan fingerprint density at radius 3 is 2.36 bits per heavy atom. The number of carbonyl (C=O) groups excluding carboxylic acids is 1. The van der Waals surface area contributed by atoms with E-state index in [1.807, 2.05) is 48.5 Å². The molecule has 2 nitrogen and oxygen atoms in total. The molecule has 22 heavy (non-hydrogen) atoms. The number of Topliss-reactive ketones (excluding diaryl/α,β-unsaturated/α-hetero) is 1. The van der Waals surface area contributed by atoms with Crippen LogP contribution in [0.15, 0.2) is 48.5 Å². The van der Waals surface area contributed by atoms with E-state index in [0.29, 0.717) is 6.42 Å². The first-order valence-corrected chi connectivity index (χ1v) is 8.03. The normalized spacial score (nSPS) is 10.5. The highest BCUT2D eigenvalue weighted by atomic mass is 16.5. The molecule has 0 heterocycles. The second-order valence-electron chi connectivity index (χ2n) is 5.51. The van der Waals surface area contributed by atoms with E-state index in [2.05, 4.69) is 6.92 Å². The van der Waals surface area contributed by atoms with Gasteiger partial charge in [-0.2, -0.15) is 0 Å². The van der Waals surface area contributed by atoms with Gasteiger partial charge in [-0.05, 0) is 18.1 Å². The summed E-state index contributed by atoms with van der Waals surface area (Å²) in [7, 11) is 1.67. The molecule has 0 atom stereocenters. The molecule has 2 heteroatoms. The molecule has 0 aliphatic rings. The third kappa shape index (κ3) is 4.20. The lowest BCUT2D eigenvalue weighted by atomic mass is 9.99. The summed E-state index contributed by atoms with van der Waals surface area (Å²) in [6, 6.07) is 15.8. The number of ether oxygens (including phenoxy) is 1. The Bertz CT molecular complexity index is 599. The van der Waals surface area contributed by atoms with Crippen molar-refractivity contribution in [3.63, 3.8) is 0 Å². The van der Waals surface area contributed by atoms with E-state index >= 15 is 0 Å². The Hall–Kier alpha value is -2.09. The molecule has 0 fully saturated rings. The molecule has 0 spiro atoms. The second kappa shape index (κ2) is 8.38. The first-order chi connectivity index (χ1) is 10.8. The van der Waals surface area contributed by atoms with Gasteiger partial charge in [-0.1, -0.05) is 68.7 Å². The minimum absolute atomic E-state index is 0.239. The maximum absolute atomic E-state index is 12.2. The molecule has 0 bridgehead atoms. The molecule has 0 saturated carbocycles. The fourth-order valence-corrected chi connectivity index (χ4v) is 2.58.